The molecule has 0 spiro atoms. The molecule has 1 saturated heterocycles. The van der Waals surface area contributed by atoms with Gasteiger partial charge >= 0.3 is 0 Å². The van der Waals surface area contributed by atoms with Gasteiger partial charge in [-0.05, 0) is 43.7 Å². The van der Waals surface area contributed by atoms with Crippen molar-refractivity contribution in [3.05, 3.63) is 48.0 Å². The Hall–Kier alpha value is -3.23. The van der Waals surface area contributed by atoms with Crippen LogP contribution in [-0.2, 0) is 21.3 Å². The second kappa shape index (κ2) is 10.8. The van der Waals surface area contributed by atoms with E-state index in [0.29, 0.717) is 29.2 Å². The van der Waals surface area contributed by atoms with E-state index >= 15 is 0 Å². The summed E-state index contributed by atoms with van der Waals surface area (Å²) in [4.78, 5) is 33.2. The number of hydrogen-bond donors (Lipinski definition) is 1. The van der Waals surface area contributed by atoms with Crippen LogP contribution in [0, 0.1) is 5.92 Å². The lowest BCUT2D eigenvalue weighted by Gasteiger charge is -2.33. The van der Waals surface area contributed by atoms with Gasteiger partial charge in [-0.3, -0.25) is 9.59 Å². The van der Waals surface area contributed by atoms with E-state index in [4.69, 9.17) is 14.5 Å². The fourth-order valence-electron chi connectivity index (χ4n) is 5.18. The van der Waals surface area contributed by atoms with E-state index in [9.17, 15) is 9.59 Å². The van der Waals surface area contributed by atoms with Gasteiger partial charge in [0.2, 0.25) is 5.91 Å². The molecule has 2 fully saturated rings. The van der Waals surface area contributed by atoms with Crippen molar-refractivity contribution in [1.29, 1.82) is 0 Å². The first-order valence-electron chi connectivity index (χ1n) is 12.8. The van der Waals surface area contributed by atoms with Crippen LogP contribution in [-0.4, -0.2) is 65.8 Å². The zero-order valence-electron chi connectivity index (χ0n) is 21.0. The predicted molar refractivity (Wildman–Crippen MR) is 139 cm³/mol. The molecule has 2 aliphatic rings. The first kappa shape index (κ1) is 24.5. The second-order valence-corrected chi connectivity index (χ2v) is 9.88. The zero-order chi connectivity index (χ0) is 25.1. The number of carbonyl (C=O) groups is 2. The molecule has 36 heavy (non-hydrogen) atoms. The largest absolute Gasteiger partial charge is 0.376 e. The van der Waals surface area contributed by atoms with E-state index in [1.165, 1.54) is 13.5 Å². The molecule has 0 unspecified atom stereocenters. The third-order valence-electron chi connectivity index (χ3n) is 7.24. The highest BCUT2D eigenvalue weighted by Gasteiger charge is 2.29. The van der Waals surface area contributed by atoms with Gasteiger partial charge in [0.1, 0.15) is 12.4 Å². The lowest BCUT2D eigenvalue weighted by atomic mass is 9.85. The van der Waals surface area contributed by atoms with Crippen LogP contribution in [0.2, 0.25) is 0 Å². The van der Waals surface area contributed by atoms with Gasteiger partial charge in [-0.2, -0.15) is 0 Å². The van der Waals surface area contributed by atoms with Crippen molar-refractivity contribution in [3.8, 4) is 11.4 Å². The van der Waals surface area contributed by atoms with E-state index in [1.807, 2.05) is 52.9 Å². The predicted octanol–water partition coefficient (Wildman–Crippen LogP) is 4.25. The van der Waals surface area contributed by atoms with Crippen LogP contribution >= 0.6 is 0 Å². The average Bonchev–Trinajstić information content (AvgIpc) is 3.48. The molecule has 1 aliphatic carbocycles. The van der Waals surface area contributed by atoms with Gasteiger partial charge < -0.3 is 24.3 Å². The van der Waals surface area contributed by atoms with Crippen molar-refractivity contribution in [3.63, 3.8) is 0 Å². The Kier molecular flexibility index (Phi) is 7.34. The monoisotopic (exact) mass is 490 g/mol. The van der Waals surface area contributed by atoms with Crippen molar-refractivity contribution in [2.24, 2.45) is 13.0 Å². The van der Waals surface area contributed by atoms with Crippen LogP contribution < -0.4 is 5.32 Å². The number of amides is 2. The molecule has 5 rings (SSSR count). The number of carbonyl (C=O) groups excluding carboxylic acids is 2. The Labute approximate surface area is 211 Å². The number of aromatic nitrogens is 2. The number of fused-ring (bicyclic) bond motifs is 1. The van der Waals surface area contributed by atoms with E-state index in [2.05, 4.69) is 5.32 Å². The average molecular weight is 491 g/mol. The molecule has 3 aromatic rings. The first-order valence-corrected chi connectivity index (χ1v) is 12.8. The van der Waals surface area contributed by atoms with Gasteiger partial charge in [0.05, 0.1) is 22.8 Å². The smallest absolute Gasteiger partial charge is 0.254 e. The van der Waals surface area contributed by atoms with Crippen LogP contribution in [0.1, 0.15) is 42.5 Å². The Balaban J connectivity index is 1.54. The molecule has 2 aromatic carbocycles. The summed E-state index contributed by atoms with van der Waals surface area (Å²) in [7, 11) is 3.40. The molecule has 0 radical (unpaired) electrons. The Morgan fingerprint density at radius 1 is 1.14 bits per heavy atom. The molecular formula is C28H34N4O4. The third-order valence-corrected chi connectivity index (χ3v) is 7.24. The molecule has 2 amide bonds. The van der Waals surface area contributed by atoms with Crippen LogP contribution in [0.4, 0.5) is 5.69 Å². The molecule has 1 aromatic heterocycles. The van der Waals surface area contributed by atoms with Gasteiger partial charge in [-0.15, -0.1) is 0 Å². The maximum atomic E-state index is 13.9. The number of benzene rings is 2. The van der Waals surface area contributed by atoms with Gasteiger partial charge in [-0.1, -0.05) is 36.8 Å². The highest BCUT2D eigenvalue weighted by molar-refractivity contribution is 6.06. The number of rotatable bonds is 9. The van der Waals surface area contributed by atoms with E-state index in [-0.39, 0.29) is 24.5 Å². The van der Waals surface area contributed by atoms with Gasteiger partial charge in [0.15, 0.2) is 0 Å². The lowest BCUT2D eigenvalue weighted by molar-refractivity contribution is -0.119. The Bertz CT molecular complexity index is 1230. The summed E-state index contributed by atoms with van der Waals surface area (Å²) in [5.41, 5.74) is 3.46. The van der Waals surface area contributed by atoms with Crippen LogP contribution in [0.25, 0.3) is 22.4 Å². The van der Waals surface area contributed by atoms with Crippen molar-refractivity contribution < 1.29 is 19.1 Å². The number of ether oxygens (including phenoxy) is 2. The number of hydrogen-bond acceptors (Lipinski definition) is 5. The standard InChI is InChI=1S/C28H34N4O4/c1-31-26-23(29-25(33)18-35-2)14-21(15-24(26)30-27(31)20-10-4-3-5-11-20)28(34)32(16-19-8-6-9-19)17-22-12-7-13-36-22/h3-5,10-11,14-15,19,22H,6-9,12-13,16-18H2,1-2H3,(H,29,33)/t22-/m0/s1. The minimum absolute atomic E-state index is 0.0477. The molecule has 1 saturated carbocycles. The van der Waals surface area contributed by atoms with Crippen molar-refractivity contribution in [2.45, 2.75) is 38.2 Å². The third kappa shape index (κ3) is 5.15. The van der Waals surface area contributed by atoms with Gasteiger partial charge in [-0.25, -0.2) is 4.98 Å². The summed E-state index contributed by atoms with van der Waals surface area (Å²) >= 11 is 0. The minimum atomic E-state index is -0.281. The van der Waals surface area contributed by atoms with Crippen molar-refractivity contribution in [1.82, 2.24) is 14.5 Å². The second-order valence-electron chi connectivity index (χ2n) is 9.88. The molecule has 8 heteroatoms. The molecule has 190 valence electrons. The topological polar surface area (TPSA) is 85.7 Å². The maximum Gasteiger partial charge on any atom is 0.254 e. The molecule has 1 atom stereocenters. The maximum absolute atomic E-state index is 13.9. The van der Waals surface area contributed by atoms with E-state index in [0.717, 1.165) is 55.7 Å². The number of anilines is 1. The van der Waals surface area contributed by atoms with Crippen molar-refractivity contribution in [2.75, 3.05) is 38.7 Å². The molecule has 2 heterocycles. The molecule has 8 nitrogen and oxygen atoms in total. The zero-order valence-corrected chi connectivity index (χ0v) is 21.0. The molecule has 0 bridgehead atoms. The number of aryl methyl sites for hydroxylation is 1. The van der Waals surface area contributed by atoms with Gasteiger partial charge in [0.25, 0.3) is 5.91 Å². The molecule has 1 aliphatic heterocycles. The van der Waals surface area contributed by atoms with Crippen LogP contribution in [0.15, 0.2) is 42.5 Å². The van der Waals surface area contributed by atoms with Crippen molar-refractivity contribution >= 4 is 28.5 Å². The molecular weight excluding hydrogens is 456 g/mol. The first-order chi connectivity index (χ1) is 17.5. The SMILES string of the molecule is COCC(=O)Nc1cc(C(=O)N(CC2CCC2)C[C@@H]2CCCO2)cc2nc(-c3ccccc3)n(C)c12. The normalized spacial score (nSPS) is 17.8. The quantitative estimate of drug-likeness (QED) is 0.485. The summed E-state index contributed by atoms with van der Waals surface area (Å²) in [6.45, 7) is 2.01. The summed E-state index contributed by atoms with van der Waals surface area (Å²) in [5, 5.41) is 2.94. The number of methoxy groups -OCH3 is 1. The highest BCUT2D eigenvalue weighted by Crippen LogP contribution is 2.32. The number of nitrogens with one attached hydrogen (secondary N) is 1. The van der Waals surface area contributed by atoms with Crippen LogP contribution in [0.5, 0.6) is 0 Å². The summed E-state index contributed by atoms with van der Waals surface area (Å²) < 4.78 is 12.8. The Morgan fingerprint density at radius 2 is 1.94 bits per heavy atom. The summed E-state index contributed by atoms with van der Waals surface area (Å²) in [5.74, 6) is 0.979. The van der Waals surface area contributed by atoms with Crippen LogP contribution in [0.3, 0.4) is 0 Å². The van der Waals surface area contributed by atoms with Gasteiger partial charge in [0, 0.05) is 45.0 Å². The fraction of sp³-hybridized carbons (Fsp3) is 0.464. The minimum Gasteiger partial charge on any atom is -0.376 e. The summed E-state index contributed by atoms with van der Waals surface area (Å²) in [6.07, 6.45) is 5.64. The fourth-order valence-corrected chi connectivity index (χ4v) is 5.18. The van der Waals surface area contributed by atoms with E-state index < -0.39 is 0 Å². The summed E-state index contributed by atoms with van der Waals surface area (Å²) in [6, 6.07) is 13.5. The Morgan fingerprint density at radius 3 is 2.61 bits per heavy atom. The lowest BCUT2D eigenvalue weighted by Crippen LogP contribution is -2.41. The number of nitrogens with zero attached hydrogens (tertiary/aromatic N) is 3. The van der Waals surface area contributed by atoms with E-state index in [1.54, 1.807) is 6.07 Å². The number of imidazole rings is 1. The molecule has 1 N–H and O–H groups in total. The highest BCUT2D eigenvalue weighted by atomic mass is 16.5.